The third kappa shape index (κ3) is 3.28. The summed E-state index contributed by atoms with van der Waals surface area (Å²) in [7, 11) is 0. The van der Waals surface area contributed by atoms with Crippen molar-refractivity contribution in [1.82, 2.24) is 0 Å². The van der Waals surface area contributed by atoms with Gasteiger partial charge < -0.3 is 4.79 Å². The van der Waals surface area contributed by atoms with Gasteiger partial charge in [-0.05, 0) is 49.1 Å². The first-order valence-electron chi connectivity index (χ1n) is 4.88. The van der Waals surface area contributed by atoms with Crippen LogP contribution in [-0.4, -0.2) is 18.8 Å². The van der Waals surface area contributed by atoms with Crippen LogP contribution in [0.4, 0.5) is 0 Å². The van der Waals surface area contributed by atoms with Crippen molar-refractivity contribution < 1.29 is 4.79 Å². The molecule has 0 aromatic heterocycles. The Bertz CT molecular complexity index is 348. The number of aldehydes is 1. The molecule has 0 aliphatic heterocycles. The summed E-state index contributed by atoms with van der Waals surface area (Å²) >= 11 is 3.52. The van der Waals surface area contributed by atoms with Gasteiger partial charge in [0.25, 0.3) is 0 Å². The molecule has 3 heteroatoms. The largest absolute Gasteiger partial charge is 0.303 e. The topological polar surface area (TPSA) is 17.1 Å². The summed E-state index contributed by atoms with van der Waals surface area (Å²) < 4.78 is 0. The van der Waals surface area contributed by atoms with Gasteiger partial charge >= 0.3 is 0 Å². The third-order valence-electron chi connectivity index (χ3n) is 2.33. The molecule has 1 nitrogen and oxygen atoms in total. The van der Waals surface area contributed by atoms with Crippen LogP contribution in [-0.2, 0) is 11.2 Å². The van der Waals surface area contributed by atoms with E-state index < -0.39 is 0 Å². The first kappa shape index (κ1) is 12.7. The van der Waals surface area contributed by atoms with Crippen LogP contribution in [0.25, 0.3) is 0 Å². The minimum absolute atomic E-state index is 0.616. The van der Waals surface area contributed by atoms with Gasteiger partial charge in [-0.15, -0.1) is 23.5 Å². The van der Waals surface area contributed by atoms with E-state index in [-0.39, 0.29) is 0 Å². The molecule has 0 spiro atoms. The second kappa shape index (κ2) is 6.23. The molecule has 0 atom stereocenters. The lowest BCUT2D eigenvalue weighted by molar-refractivity contribution is -0.107. The van der Waals surface area contributed by atoms with E-state index in [9.17, 15) is 4.79 Å². The summed E-state index contributed by atoms with van der Waals surface area (Å²) in [5.74, 6) is 0. The second-order valence-electron chi connectivity index (χ2n) is 3.34. The zero-order chi connectivity index (χ0) is 11.3. The van der Waals surface area contributed by atoms with Crippen LogP contribution < -0.4 is 0 Å². The van der Waals surface area contributed by atoms with Crippen LogP contribution in [0.2, 0.25) is 0 Å². The van der Waals surface area contributed by atoms with Crippen molar-refractivity contribution in [2.45, 2.75) is 29.6 Å². The minimum atomic E-state index is 0.616. The molecule has 15 heavy (non-hydrogen) atoms. The van der Waals surface area contributed by atoms with Gasteiger partial charge in [-0.25, -0.2) is 0 Å². The fraction of sp³-hybridized carbons (Fsp3) is 0.417. The number of benzene rings is 1. The molecular formula is C12H16OS2. The number of hydrogen-bond donors (Lipinski definition) is 0. The van der Waals surface area contributed by atoms with E-state index >= 15 is 0 Å². The maximum Gasteiger partial charge on any atom is 0.120 e. The molecule has 0 fully saturated rings. The first-order valence-corrected chi connectivity index (χ1v) is 7.33. The molecular weight excluding hydrogens is 224 g/mol. The van der Waals surface area contributed by atoms with Crippen LogP contribution in [0.1, 0.15) is 17.5 Å². The number of carbonyl (C=O) groups is 1. The minimum Gasteiger partial charge on any atom is -0.303 e. The van der Waals surface area contributed by atoms with Crippen LogP contribution in [0.5, 0.6) is 0 Å². The lowest BCUT2D eigenvalue weighted by Crippen LogP contribution is -1.92. The Labute approximate surface area is 100 Å². The molecule has 1 aromatic rings. The standard InChI is InChI=1S/C12H16OS2/c1-9-7-12(15-3)10(5-4-6-13)8-11(9)14-2/h6-8H,4-5H2,1-3H3. The van der Waals surface area contributed by atoms with Gasteiger partial charge in [0.15, 0.2) is 0 Å². The van der Waals surface area contributed by atoms with Crippen LogP contribution in [0.15, 0.2) is 21.9 Å². The Morgan fingerprint density at radius 2 is 1.87 bits per heavy atom. The van der Waals surface area contributed by atoms with Crippen LogP contribution >= 0.6 is 23.5 Å². The van der Waals surface area contributed by atoms with Crippen molar-refractivity contribution in [3.63, 3.8) is 0 Å². The zero-order valence-electron chi connectivity index (χ0n) is 9.37. The summed E-state index contributed by atoms with van der Waals surface area (Å²) in [6, 6.07) is 4.44. The maximum atomic E-state index is 10.4. The molecule has 0 bridgehead atoms. The number of rotatable bonds is 5. The SMILES string of the molecule is CSc1cc(CCC=O)c(SC)cc1C. The Morgan fingerprint density at radius 3 is 2.40 bits per heavy atom. The van der Waals surface area contributed by atoms with Crippen molar-refractivity contribution in [3.8, 4) is 0 Å². The molecule has 0 heterocycles. The predicted molar refractivity (Wildman–Crippen MR) is 69.1 cm³/mol. The van der Waals surface area contributed by atoms with Gasteiger partial charge in [0.1, 0.15) is 6.29 Å². The van der Waals surface area contributed by atoms with Crippen LogP contribution in [0.3, 0.4) is 0 Å². The molecule has 1 rings (SSSR count). The highest BCUT2D eigenvalue weighted by atomic mass is 32.2. The van der Waals surface area contributed by atoms with E-state index in [1.807, 2.05) is 0 Å². The smallest absolute Gasteiger partial charge is 0.120 e. The molecule has 1 aromatic carbocycles. The Kier molecular flexibility index (Phi) is 5.26. The van der Waals surface area contributed by atoms with Gasteiger partial charge in [0.2, 0.25) is 0 Å². The van der Waals surface area contributed by atoms with E-state index in [1.54, 1.807) is 23.5 Å². The lowest BCUT2D eigenvalue weighted by Gasteiger charge is -2.10. The lowest BCUT2D eigenvalue weighted by atomic mass is 10.1. The highest BCUT2D eigenvalue weighted by Crippen LogP contribution is 2.29. The molecule has 0 saturated carbocycles. The molecule has 0 radical (unpaired) electrons. The zero-order valence-corrected chi connectivity index (χ0v) is 11.0. The summed E-state index contributed by atoms with van der Waals surface area (Å²) in [5.41, 5.74) is 2.62. The highest BCUT2D eigenvalue weighted by Gasteiger charge is 2.06. The van der Waals surface area contributed by atoms with E-state index in [4.69, 9.17) is 0 Å². The molecule has 0 aliphatic carbocycles. The average molecular weight is 240 g/mol. The summed E-state index contributed by atoms with van der Waals surface area (Å²) in [5, 5.41) is 0. The van der Waals surface area contributed by atoms with Crippen molar-refractivity contribution in [1.29, 1.82) is 0 Å². The van der Waals surface area contributed by atoms with E-state index in [0.29, 0.717) is 6.42 Å². The molecule has 82 valence electrons. The van der Waals surface area contributed by atoms with E-state index in [0.717, 1.165) is 12.7 Å². The summed E-state index contributed by atoms with van der Waals surface area (Å²) in [6.45, 7) is 2.13. The van der Waals surface area contributed by atoms with Crippen molar-refractivity contribution >= 4 is 29.8 Å². The fourth-order valence-electron chi connectivity index (χ4n) is 1.52. The number of thioether (sulfide) groups is 2. The number of hydrogen-bond acceptors (Lipinski definition) is 3. The fourth-order valence-corrected chi connectivity index (χ4v) is 2.88. The molecule has 0 N–H and O–H groups in total. The number of aryl methyl sites for hydroxylation is 2. The predicted octanol–water partition coefficient (Wildman–Crippen LogP) is 3.57. The Morgan fingerprint density at radius 1 is 1.20 bits per heavy atom. The van der Waals surface area contributed by atoms with E-state index in [1.165, 1.54) is 20.9 Å². The highest BCUT2D eigenvalue weighted by molar-refractivity contribution is 7.99. The van der Waals surface area contributed by atoms with Gasteiger partial charge in [-0.1, -0.05) is 0 Å². The average Bonchev–Trinajstić information content (AvgIpc) is 2.26. The Balaban J connectivity index is 3.04. The monoisotopic (exact) mass is 240 g/mol. The maximum absolute atomic E-state index is 10.4. The van der Waals surface area contributed by atoms with Crippen molar-refractivity contribution in [2.24, 2.45) is 0 Å². The summed E-state index contributed by atoms with van der Waals surface area (Å²) in [4.78, 5) is 13.0. The molecule has 0 amide bonds. The van der Waals surface area contributed by atoms with Crippen molar-refractivity contribution in [3.05, 3.63) is 23.3 Å². The van der Waals surface area contributed by atoms with Gasteiger partial charge in [-0.3, -0.25) is 0 Å². The quantitative estimate of drug-likeness (QED) is 0.578. The van der Waals surface area contributed by atoms with Gasteiger partial charge in [0, 0.05) is 16.2 Å². The van der Waals surface area contributed by atoms with Gasteiger partial charge in [0.05, 0.1) is 0 Å². The number of carbonyl (C=O) groups excluding carboxylic acids is 1. The first-order chi connectivity index (χ1) is 7.22. The molecule has 0 aliphatic rings. The normalized spacial score (nSPS) is 10.3. The summed E-state index contributed by atoms with van der Waals surface area (Å²) in [6.07, 6.45) is 6.63. The van der Waals surface area contributed by atoms with Crippen LogP contribution in [0, 0.1) is 6.92 Å². The second-order valence-corrected chi connectivity index (χ2v) is 5.04. The Hall–Kier alpha value is -0.410. The van der Waals surface area contributed by atoms with Gasteiger partial charge in [-0.2, -0.15) is 0 Å². The molecule has 0 unspecified atom stereocenters. The van der Waals surface area contributed by atoms with E-state index in [2.05, 4.69) is 31.6 Å². The third-order valence-corrected chi connectivity index (χ3v) is 4.03. The molecule has 0 saturated heterocycles. The van der Waals surface area contributed by atoms with Crippen molar-refractivity contribution in [2.75, 3.05) is 12.5 Å².